The summed E-state index contributed by atoms with van der Waals surface area (Å²) < 4.78 is 13.4. The average Bonchev–Trinajstić information content (AvgIpc) is 3.16. The number of nitrogens with zero attached hydrogens (tertiary/aromatic N) is 5. The summed E-state index contributed by atoms with van der Waals surface area (Å²) in [6, 6.07) is 4.98. The normalized spacial score (nSPS) is 26.3. The molecular formula is C20H27FN6O4. The molecule has 3 unspecified atom stereocenters. The molecule has 1 aromatic rings. The minimum Gasteiger partial charge on any atom is -0.396 e. The molecule has 0 aliphatic carbocycles. The highest BCUT2D eigenvalue weighted by molar-refractivity contribution is 6.04. The second-order valence-electron chi connectivity index (χ2n) is 7.86. The number of aliphatic hydroxyl groups is 2. The number of fused-ring (bicyclic) bond motifs is 3. The molecular weight excluding hydrogens is 407 g/mol. The zero-order chi connectivity index (χ0) is 22.1. The standard InChI is InChI=1S/C20H27FN6O4/c1-24-17-16(18(30)25(20(24)31)8-2-10-28)26-12-15(13-4-6-14(21)7-5-13)23-27(9-3-11-29)19(26)22-17/h4-7,16-17,19,22,28-29H,2-3,8-12H2,1H3. The summed E-state index contributed by atoms with van der Waals surface area (Å²) in [4.78, 5) is 30.7. The molecule has 11 heteroatoms. The predicted molar refractivity (Wildman–Crippen MR) is 109 cm³/mol. The Morgan fingerprint density at radius 1 is 1.13 bits per heavy atom. The lowest BCUT2D eigenvalue weighted by Gasteiger charge is -2.42. The van der Waals surface area contributed by atoms with Crippen molar-refractivity contribution in [1.82, 2.24) is 25.0 Å². The van der Waals surface area contributed by atoms with Crippen LogP contribution in [0.5, 0.6) is 0 Å². The van der Waals surface area contributed by atoms with Crippen molar-refractivity contribution in [3.8, 4) is 0 Å². The lowest BCUT2D eigenvalue weighted by atomic mass is 10.1. The van der Waals surface area contributed by atoms with Gasteiger partial charge >= 0.3 is 6.03 Å². The number of hydrogen-bond donors (Lipinski definition) is 3. The van der Waals surface area contributed by atoms with Crippen molar-refractivity contribution in [1.29, 1.82) is 0 Å². The van der Waals surface area contributed by atoms with Crippen LogP contribution in [0, 0.1) is 5.82 Å². The molecule has 0 bridgehead atoms. The van der Waals surface area contributed by atoms with Gasteiger partial charge in [-0.1, -0.05) is 12.1 Å². The maximum absolute atomic E-state index is 13.4. The molecule has 3 N–H and O–H groups in total. The number of urea groups is 1. The third-order valence-electron chi connectivity index (χ3n) is 5.89. The summed E-state index contributed by atoms with van der Waals surface area (Å²) in [5, 5.41) is 28.3. The minimum absolute atomic E-state index is 0.0102. The number of carbonyl (C=O) groups is 2. The van der Waals surface area contributed by atoms with Crippen molar-refractivity contribution in [2.24, 2.45) is 5.10 Å². The number of hydrazone groups is 1. The molecule has 31 heavy (non-hydrogen) atoms. The Hall–Kier alpha value is -2.60. The van der Waals surface area contributed by atoms with Crippen LogP contribution in [0.2, 0.25) is 0 Å². The SMILES string of the molecule is CN1C(=O)N(CCCO)C(=O)C2C1NC1N(CCCO)N=C(c3ccc(F)cc3)CN21. The smallest absolute Gasteiger partial charge is 0.327 e. The zero-order valence-corrected chi connectivity index (χ0v) is 17.3. The quantitative estimate of drug-likeness (QED) is 0.525. The Morgan fingerprint density at radius 3 is 2.48 bits per heavy atom. The van der Waals surface area contributed by atoms with Crippen molar-refractivity contribution in [2.45, 2.75) is 31.3 Å². The van der Waals surface area contributed by atoms with Crippen molar-refractivity contribution < 1.29 is 24.2 Å². The Kier molecular flexibility index (Phi) is 6.19. The van der Waals surface area contributed by atoms with E-state index in [2.05, 4.69) is 5.32 Å². The minimum atomic E-state index is -0.631. The van der Waals surface area contributed by atoms with E-state index in [1.165, 1.54) is 21.9 Å². The van der Waals surface area contributed by atoms with Gasteiger partial charge in [-0.05, 0) is 30.5 Å². The first-order chi connectivity index (χ1) is 15.0. The first-order valence-electron chi connectivity index (χ1n) is 10.4. The van der Waals surface area contributed by atoms with Gasteiger partial charge in [0.15, 0.2) is 6.29 Å². The topological polar surface area (TPSA) is 112 Å². The van der Waals surface area contributed by atoms with E-state index in [4.69, 9.17) is 10.2 Å². The molecule has 4 rings (SSSR count). The van der Waals surface area contributed by atoms with Gasteiger partial charge in [0.1, 0.15) is 18.0 Å². The number of benzene rings is 1. The van der Waals surface area contributed by atoms with Gasteiger partial charge in [-0.3, -0.25) is 20.0 Å². The fourth-order valence-corrected chi connectivity index (χ4v) is 4.32. The molecule has 0 spiro atoms. The molecule has 0 radical (unpaired) electrons. The van der Waals surface area contributed by atoms with Gasteiger partial charge < -0.3 is 15.1 Å². The van der Waals surface area contributed by atoms with Crippen LogP contribution in [0.15, 0.2) is 29.4 Å². The molecule has 3 aliphatic heterocycles. The molecule has 3 amide bonds. The lowest BCUT2D eigenvalue weighted by molar-refractivity contribution is -0.139. The molecule has 0 aromatic heterocycles. The average molecular weight is 434 g/mol. The molecule has 2 saturated heterocycles. The van der Waals surface area contributed by atoms with Gasteiger partial charge in [-0.15, -0.1) is 0 Å². The summed E-state index contributed by atoms with van der Waals surface area (Å²) in [5.41, 5.74) is 1.41. The second-order valence-corrected chi connectivity index (χ2v) is 7.86. The lowest BCUT2D eigenvalue weighted by Crippen LogP contribution is -2.66. The summed E-state index contributed by atoms with van der Waals surface area (Å²) in [6.07, 6.45) is -0.172. The van der Waals surface area contributed by atoms with E-state index in [-0.39, 0.29) is 31.5 Å². The number of amides is 3. The Balaban J connectivity index is 1.66. The first-order valence-corrected chi connectivity index (χ1v) is 10.4. The number of nitrogens with one attached hydrogen (secondary N) is 1. The first kappa shape index (κ1) is 21.6. The van der Waals surface area contributed by atoms with E-state index >= 15 is 0 Å². The molecule has 1 aromatic carbocycles. The maximum Gasteiger partial charge on any atom is 0.327 e. The summed E-state index contributed by atoms with van der Waals surface area (Å²) in [5.74, 6) is -0.667. The van der Waals surface area contributed by atoms with Crippen LogP contribution in [-0.4, -0.2) is 106 Å². The number of carbonyl (C=O) groups excluding carboxylic acids is 2. The molecule has 10 nitrogen and oxygen atoms in total. The van der Waals surface area contributed by atoms with Gasteiger partial charge in [0.25, 0.3) is 5.91 Å². The molecule has 3 aliphatic rings. The summed E-state index contributed by atoms with van der Waals surface area (Å²) >= 11 is 0. The van der Waals surface area contributed by atoms with Gasteiger partial charge in [0.05, 0.1) is 5.71 Å². The van der Waals surface area contributed by atoms with Crippen LogP contribution in [0.1, 0.15) is 18.4 Å². The molecule has 0 saturated carbocycles. The van der Waals surface area contributed by atoms with Crippen molar-refractivity contribution in [3.05, 3.63) is 35.6 Å². The fourth-order valence-electron chi connectivity index (χ4n) is 4.32. The van der Waals surface area contributed by atoms with Crippen LogP contribution in [0.25, 0.3) is 0 Å². The maximum atomic E-state index is 13.4. The number of imide groups is 1. The molecule has 168 valence electrons. The largest absolute Gasteiger partial charge is 0.396 e. The Morgan fingerprint density at radius 2 is 1.81 bits per heavy atom. The van der Waals surface area contributed by atoms with E-state index in [9.17, 15) is 19.1 Å². The summed E-state index contributed by atoms with van der Waals surface area (Å²) in [7, 11) is 1.64. The number of hydrogen-bond acceptors (Lipinski definition) is 8. The van der Waals surface area contributed by atoms with E-state index in [0.29, 0.717) is 31.6 Å². The van der Waals surface area contributed by atoms with Crippen LogP contribution < -0.4 is 5.32 Å². The van der Waals surface area contributed by atoms with Gasteiger partial charge in [-0.25, -0.2) is 14.1 Å². The highest BCUT2D eigenvalue weighted by Gasteiger charge is 2.56. The highest BCUT2D eigenvalue weighted by atomic mass is 19.1. The molecule has 2 fully saturated rings. The number of halogens is 1. The number of aliphatic hydroxyl groups excluding tert-OH is 2. The van der Waals surface area contributed by atoms with Crippen LogP contribution in [-0.2, 0) is 4.79 Å². The van der Waals surface area contributed by atoms with Crippen molar-refractivity contribution in [2.75, 3.05) is 39.9 Å². The van der Waals surface area contributed by atoms with Gasteiger partial charge in [-0.2, -0.15) is 5.10 Å². The van der Waals surface area contributed by atoms with E-state index in [1.807, 2.05) is 4.90 Å². The third kappa shape index (κ3) is 3.89. The third-order valence-corrected chi connectivity index (χ3v) is 5.89. The van der Waals surface area contributed by atoms with Crippen LogP contribution >= 0.6 is 0 Å². The van der Waals surface area contributed by atoms with E-state index < -0.39 is 24.5 Å². The van der Waals surface area contributed by atoms with Gasteiger partial charge in [0.2, 0.25) is 0 Å². The summed E-state index contributed by atoms with van der Waals surface area (Å²) in [6.45, 7) is 0.795. The van der Waals surface area contributed by atoms with E-state index in [1.54, 1.807) is 24.2 Å². The zero-order valence-electron chi connectivity index (χ0n) is 17.3. The van der Waals surface area contributed by atoms with Gasteiger partial charge in [0, 0.05) is 39.9 Å². The predicted octanol–water partition coefficient (Wildman–Crippen LogP) is -0.612. The van der Waals surface area contributed by atoms with E-state index in [0.717, 1.165) is 5.56 Å². The van der Waals surface area contributed by atoms with Crippen LogP contribution in [0.4, 0.5) is 9.18 Å². The monoisotopic (exact) mass is 434 g/mol. The Labute approximate surface area is 179 Å². The Bertz CT molecular complexity index is 866. The van der Waals surface area contributed by atoms with Crippen molar-refractivity contribution in [3.63, 3.8) is 0 Å². The fraction of sp³-hybridized carbons (Fsp3) is 0.550. The van der Waals surface area contributed by atoms with Crippen molar-refractivity contribution >= 4 is 17.6 Å². The molecule has 3 heterocycles. The number of likely N-dealkylation sites (N-methyl/N-ethyl adjacent to an activating group) is 1. The molecule has 3 atom stereocenters. The van der Waals surface area contributed by atoms with Crippen LogP contribution in [0.3, 0.4) is 0 Å². The number of rotatable bonds is 7. The second kappa shape index (κ2) is 8.87. The highest BCUT2D eigenvalue weighted by Crippen LogP contribution is 2.31.